The predicted octanol–water partition coefficient (Wildman–Crippen LogP) is 2.19. The highest BCUT2D eigenvalue weighted by Crippen LogP contribution is 2.37. The number of rotatable bonds is 2. The quantitative estimate of drug-likeness (QED) is 0.827. The van der Waals surface area contributed by atoms with Crippen molar-refractivity contribution < 1.29 is 5.11 Å². The molecule has 16 heavy (non-hydrogen) atoms. The minimum Gasteiger partial charge on any atom is -0.390 e. The van der Waals surface area contributed by atoms with Crippen molar-refractivity contribution >= 4 is 6.20 Å². The van der Waals surface area contributed by atoms with E-state index in [-0.39, 0.29) is 6.61 Å². The third-order valence-corrected chi connectivity index (χ3v) is 3.67. The van der Waals surface area contributed by atoms with Gasteiger partial charge in [0.05, 0.1) is 6.61 Å². The fourth-order valence-electron chi connectivity index (χ4n) is 2.72. The number of nitrogens with zero attached hydrogens (tertiary/aromatic N) is 2. The zero-order valence-electron chi connectivity index (χ0n) is 10.3. The van der Waals surface area contributed by atoms with Gasteiger partial charge in [0.15, 0.2) is 0 Å². The number of aliphatic hydroxyl groups is 1. The topological polar surface area (TPSA) is 28.4 Å². The Labute approximate surface area is 97.0 Å². The van der Waals surface area contributed by atoms with Crippen LogP contribution in [0.2, 0.25) is 0 Å². The molecular formula is C13H20N2O. The van der Waals surface area contributed by atoms with Gasteiger partial charge in [0.2, 0.25) is 0 Å². The summed E-state index contributed by atoms with van der Waals surface area (Å²) in [6, 6.07) is 2.52. The fourth-order valence-corrected chi connectivity index (χ4v) is 2.72. The molecule has 0 fully saturated rings. The molecule has 0 aliphatic carbocycles. The average Bonchev–Trinajstić information content (AvgIpc) is 2.64. The summed E-state index contributed by atoms with van der Waals surface area (Å²) in [4.78, 5) is 2.35. The van der Waals surface area contributed by atoms with Gasteiger partial charge in [0, 0.05) is 36.1 Å². The minimum atomic E-state index is 0.0716. The van der Waals surface area contributed by atoms with Gasteiger partial charge in [-0.15, -0.1) is 0 Å². The van der Waals surface area contributed by atoms with Crippen LogP contribution in [0, 0.1) is 0 Å². The third kappa shape index (κ3) is 1.51. The van der Waals surface area contributed by atoms with Crippen molar-refractivity contribution in [3.8, 4) is 0 Å². The molecule has 1 aliphatic rings. The number of aliphatic hydroxyl groups excluding tert-OH is 1. The second-order valence-corrected chi connectivity index (χ2v) is 4.70. The Hall–Kier alpha value is -1.06. The van der Waals surface area contributed by atoms with E-state index < -0.39 is 0 Å². The lowest BCUT2D eigenvalue weighted by atomic mass is 9.93. The van der Waals surface area contributed by atoms with Gasteiger partial charge in [0.1, 0.15) is 0 Å². The molecule has 0 spiro atoms. The molecule has 0 amide bonds. The van der Waals surface area contributed by atoms with Crippen LogP contribution in [0.4, 0.5) is 0 Å². The number of hydrogen-bond acceptors (Lipinski definition) is 2. The summed E-state index contributed by atoms with van der Waals surface area (Å²) in [6.07, 6.45) is 1.80. The second kappa shape index (κ2) is 4.07. The first-order valence-corrected chi connectivity index (χ1v) is 5.77. The van der Waals surface area contributed by atoms with Crippen LogP contribution >= 0.6 is 0 Å². The molecule has 0 unspecified atom stereocenters. The molecule has 0 bridgehead atoms. The maximum atomic E-state index is 9.35. The molecule has 0 aromatic carbocycles. The highest BCUT2D eigenvalue weighted by Gasteiger charge is 2.29. The number of hydrogen-bond donors (Lipinski definition) is 1. The molecule has 3 heteroatoms. The molecule has 3 nitrogen and oxygen atoms in total. The van der Waals surface area contributed by atoms with Gasteiger partial charge < -0.3 is 9.67 Å². The summed E-state index contributed by atoms with van der Waals surface area (Å²) < 4.78 is 2.05. The summed E-state index contributed by atoms with van der Waals surface area (Å²) in [5, 5.41) is 9.35. The maximum Gasteiger partial charge on any atom is 0.0836 e. The highest BCUT2D eigenvalue weighted by molar-refractivity contribution is 5.42. The summed E-state index contributed by atoms with van der Waals surface area (Å²) in [6.45, 7) is 9.39. The zero-order valence-corrected chi connectivity index (χ0v) is 10.3. The first kappa shape index (κ1) is 11.4. The molecular weight excluding hydrogens is 200 g/mol. The number of likely N-dealkylation sites (N-methyl/N-ethyl adjacent to an activating group) is 1. The van der Waals surface area contributed by atoms with Crippen LogP contribution in [-0.4, -0.2) is 28.2 Å². The standard InChI is InChI=1S/C13H20N2O/c1-5-15-11(8-16)6-12-10(3)14(4)7-9(2)13(12)15/h5-6,9-10,16H,1,7-8H2,2-4H3/t9-,10+/m0/s1. The summed E-state index contributed by atoms with van der Waals surface area (Å²) in [5.41, 5.74) is 3.57. The van der Waals surface area contributed by atoms with Gasteiger partial charge in [0.25, 0.3) is 0 Å². The van der Waals surface area contributed by atoms with Crippen molar-refractivity contribution in [2.24, 2.45) is 0 Å². The van der Waals surface area contributed by atoms with Gasteiger partial charge in [-0.05, 0) is 25.6 Å². The highest BCUT2D eigenvalue weighted by atomic mass is 16.3. The Morgan fingerprint density at radius 3 is 2.81 bits per heavy atom. The van der Waals surface area contributed by atoms with Gasteiger partial charge in [-0.25, -0.2) is 0 Å². The van der Waals surface area contributed by atoms with Gasteiger partial charge in [-0.3, -0.25) is 4.90 Å². The fraction of sp³-hybridized carbons (Fsp3) is 0.538. The second-order valence-electron chi connectivity index (χ2n) is 4.70. The molecule has 2 rings (SSSR count). The van der Waals surface area contributed by atoms with Crippen molar-refractivity contribution in [1.82, 2.24) is 9.47 Å². The molecule has 2 atom stereocenters. The summed E-state index contributed by atoms with van der Waals surface area (Å²) >= 11 is 0. The van der Waals surface area contributed by atoms with Crippen LogP contribution < -0.4 is 0 Å². The Kier molecular flexibility index (Phi) is 2.91. The molecule has 0 saturated heterocycles. The van der Waals surface area contributed by atoms with Crippen LogP contribution in [-0.2, 0) is 6.61 Å². The van der Waals surface area contributed by atoms with Crippen molar-refractivity contribution in [1.29, 1.82) is 0 Å². The Morgan fingerprint density at radius 1 is 1.56 bits per heavy atom. The van der Waals surface area contributed by atoms with Crippen molar-refractivity contribution in [2.45, 2.75) is 32.4 Å². The number of aromatic nitrogens is 1. The van der Waals surface area contributed by atoms with E-state index in [2.05, 4.69) is 38.4 Å². The van der Waals surface area contributed by atoms with E-state index in [0.717, 1.165) is 12.2 Å². The Bertz CT molecular complexity index is 408. The Morgan fingerprint density at radius 2 is 2.25 bits per heavy atom. The van der Waals surface area contributed by atoms with Gasteiger partial charge in [-0.2, -0.15) is 0 Å². The smallest absolute Gasteiger partial charge is 0.0836 e. The molecule has 1 aromatic heterocycles. The lowest BCUT2D eigenvalue weighted by Gasteiger charge is -2.34. The zero-order chi connectivity index (χ0) is 11.9. The normalized spacial score (nSPS) is 25.5. The van der Waals surface area contributed by atoms with Crippen molar-refractivity contribution in [3.05, 3.63) is 29.6 Å². The van der Waals surface area contributed by atoms with Crippen molar-refractivity contribution in [3.63, 3.8) is 0 Å². The van der Waals surface area contributed by atoms with E-state index in [4.69, 9.17) is 0 Å². The van der Waals surface area contributed by atoms with E-state index in [1.807, 2.05) is 4.57 Å². The van der Waals surface area contributed by atoms with Gasteiger partial charge >= 0.3 is 0 Å². The lowest BCUT2D eigenvalue weighted by Crippen LogP contribution is -2.32. The molecule has 1 N–H and O–H groups in total. The first-order chi connectivity index (χ1) is 7.60. The maximum absolute atomic E-state index is 9.35. The van der Waals surface area contributed by atoms with Crippen LogP contribution in [0.25, 0.3) is 6.20 Å². The van der Waals surface area contributed by atoms with E-state index in [0.29, 0.717) is 12.0 Å². The van der Waals surface area contributed by atoms with Crippen LogP contribution in [0.3, 0.4) is 0 Å². The Balaban J connectivity index is 2.59. The third-order valence-electron chi connectivity index (χ3n) is 3.67. The molecule has 1 aliphatic heterocycles. The van der Waals surface area contributed by atoms with E-state index in [9.17, 15) is 5.11 Å². The molecule has 0 radical (unpaired) electrons. The molecule has 0 saturated carbocycles. The van der Waals surface area contributed by atoms with Crippen molar-refractivity contribution in [2.75, 3.05) is 13.6 Å². The first-order valence-electron chi connectivity index (χ1n) is 5.77. The molecule has 2 heterocycles. The summed E-state index contributed by atoms with van der Waals surface area (Å²) in [5.74, 6) is 0.481. The summed E-state index contributed by atoms with van der Waals surface area (Å²) in [7, 11) is 2.15. The van der Waals surface area contributed by atoms with E-state index >= 15 is 0 Å². The average molecular weight is 220 g/mol. The monoisotopic (exact) mass is 220 g/mol. The SMILES string of the molecule is C=Cn1c(CO)cc2c1[C@@H](C)CN(C)[C@@H]2C. The van der Waals surface area contributed by atoms with Crippen LogP contribution in [0.15, 0.2) is 12.6 Å². The predicted molar refractivity (Wildman–Crippen MR) is 66.2 cm³/mol. The molecule has 1 aromatic rings. The largest absolute Gasteiger partial charge is 0.390 e. The van der Waals surface area contributed by atoms with E-state index in [1.54, 1.807) is 6.20 Å². The lowest BCUT2D eigenvalue weighted by molar-refractivity contribution is 0.226. The molecule has 88 valence electrons. The minimum absolute atomic E-state index is 0.0716. The van der Waals surface area contributed by atoms with Crippen LogP contribution in [0.1, 0.15) is 42.8 Å². The van der Waals surface area contributed by atoms with E-state index in [1.165, 1.54) is 11.3 Å². The van der Waals surface area contributed by atoms with Crippen LogP contribution in [0.5, 0.6) is 0 Å². The number of fused-ring (bicyclic) bond motifs is 1. The van der Waals surface area contributed by atoms with Gasteiger partial charge in [-0.1, -0.05) is 13.5 Å².